The zero-order chi connectivity index (χ0) is 20.8. The average Bonchev–Trinajstić information content (AvgIpc) is 3.36. The number of ether oxygens (including phenoxy) is 2. The molecule has 1 unspecified atom stereocenters. The van der Waals surface area contributed by atoms with Crippen LogP contribution in [0.2, 0.25) is 0 Å². The number of nitrogens with zero attached hydrogens (tertiary/aromatic N) is 5. The topological polar surface area (TPSA) is 80.6 Å². The summed E-state index contributed by atoms with van der Waals surface area (Å²) in [6.07, 6.45) is 3.50. The molecule has 30 heavy (non-hydrogen) atoms. The van der Waals surface area contributed by atoms with Gasteiger partial charge in [0.05, 0.1) is 36.1 Å². The molecule has 1 aliphatic heterocycles. The van der Waals surface area contributed by atoms with Gasteiger partial charge in [-0.15, -0.1) is 0 Å². The molecule has 8 nitrogen and oxygen atoms in total. The first-order valence-electron chi connectivity index (χ1n) is 10.3. The second kappa shape index (κ2) is 7.37. The minimum atomic E-state index is -0.00175. The number of rotatable bonds is 4. The van der Waals surface area contributed by atoms with E-state index in [0.29, 0.717) is 11.4 Å². The van der Waals surface area contributed by atoms with Crippen LogP contribution < -0.4 is 4.74 Å². The van der Waals surface area contributed by atoms with Gasteiger partial charge < -0.3 is 19.4 Å². The number of H-pyrrole nitrogens is 1. The van der Waals surface area contributed by atoms with E-state index in [1.54, 1.807) is 11.6 Å². The average molecular weight is 406 g/mol. The molecule has 1 N–H and O–H groups in total. The normalized spacial score (nSPS) is 18.0. The van der Waals surface area contributed by atoms with Crippen LogP contribution in [0.4, 0.5) is 0 Å². The molecule has 0 saturated carbocycles. The lowest BCUT2D eigenvalue weighted by Gasteiger charge is -2.29. The zero-order valence-electron chi connectivity index (χ0n) is 17.7. The highest BCUT2D eigenvalue weighted by Gasteiger charge is 2.24. The van der Waals surface area contributed by atoms with Crippen molar-refractivity contribution in [1.29, 1.82) is 0 Å². The number of fused-ring (bicyclic) bond motifs is 2. The number of aromatic amines is 1. The molecule has 1 saturated heterocycles. The molecule has 5 heterocycles. The number of likely N-dealkylation sites (N-methyl/N-ethyl adjacent to an activating group) is 1. The second-order valence-corrected chi connectivity index (χ2v) is 8.15. The van der Waals surface area contributed by atoms with Gasteiger partial charge in [-0.3, -0.25) is 0 Å². The van der Waals surface area contributed by atoms with Crippen LogP contribution >= 0.6 is 0 Å². The smallest absolute Gasteiger partial charge is 0.197 e. The third-order valence-corrected chi connectivity index (χ3v) is 5.73. The largest absolute Gasteiger partial charge is 0.493 e. The lowest BCUT2D eigenvalue weighted by Crippen LogP contribution is -2.35. The molecule has 0 amide bonds. The predicted octanol–water partition coefficient (Wildman–Crippen LogP) is 3.41. The van der Waals surface area contributed by atoms with Crippen molar-refractivity contribution >= 4 is 16.7 Å². The van der Waals surface area contributed by atoms with Crippen LogP contribution in [0.5, 0.6) is 5.75 Å². The standard InChI is InChI=1S/C22H26N6O2/c1-13(2)19-20(14-9-17(29-4)22-23-12-24-28(22)10-14)26-16-6-5-15(25-21(16)19)18-11-27(3)7-8-30-18/h5-6,9-10,12-13,18,26H,7-8,11H2,1-4H3. The number of nitrogens with one attached hydrogen (secondary N) is 1. The molecule has 4 aromatic heterocycles. The summed E-state index contributed by atoms with van der Waals surface area (Å²) in [5, 5.41) is 4.30. The molecule has 1 aliphatic rings. The number of aromatic nitrogens is 5. The maximum Gasteiger partial charge on any atom is 0.197 e. The first kappa shape index (κ1) is 19.0. The molecule has 4 aromatic rings. The molecule has 0 bridgehead atoms. The van der Waals surface area contributed by atoms with Crippen LogP contribution in [-0.4, -0.2) is 63.3 Å². The van der Waals surface area contributed by atoms with Crippen molar-refractivity contribution in [3.63, 3.8) is 0 Å². The van der Waals surface area contributed by atoms with Crippen molar-refractivity contribution in [1.82, 2.24) is 29.5 Å². The van der Waals surface area contributed by atoms with E-state index in [1.165, 1.54) is 11.9 Å². The van der Waals surface area contributed by atoms with E-state index < -0.39 is 0 Å². The van der Waals surface area contributed by atoms with Crippen LogP contribution in [0.1, 0.15) is 37.1 Å². The molecule has 0 aliphatic carbocycles. The summed E-state index contributed by atoms with van der Waals surface area (Å²) >= 11 is 0. The Hall–Kier alpha value is -2.97. The lowest BCUT2D eigenvalue weighted by atomic mass is 9.98. The van der Waals surface area contributed by atoms with Crippen LogP contribution in [-0.2, 0) is 4.74 Å². The van der Waals surface area contributed by atoms with Crippen LogP contribution in [0.25, 0.3) is 27.9 Å². The van der Waals surface area contributed by atoms with Crippen molar-refractivity contribution in [3.05, 3.63) is 42.0 Å². The molecule has 5 rings (SSSR count). The maximum atomic E-state index is 6.00. The first-order chi connectivity index (χ1) is 14.5. The van der Waals surface area contributed by atoms with Crippen molar-refractivity contribution in [3.8, 4) is 17.0 Å². The van der Waals surface area contributed by atoms with Gasteiger partial charge in [-0.1, -0.05) is 13.8 Å². The number of methoxy groups -OCH3 is 1. The number of hydrogen-bond acceptors (Lipinski definition) is 6. The van der Waals surface area contributed by atoms with Gasteiger partial charge in [-0.25, -0.2) is 14.5 Å². The van der Waals surface area contributed by atoms with E-state index in [1.807, 2.05) is 12.3 Å². The molecule has 8 heteroatoms. The van der Waals surface area contributed by atoms with Crippen molar-refractivity contribution in [2.75, 3.05) is 33.9 Å². The Morgan fingerprint density at radius 1 is 1.30 bits per heavy atom. The van der Waals surface area contributed by atoms with Gasteiger partial charge >= 0.3 is 0 Å². The fourth-order valence-electron chi connectivity index (χ4n) is 4.21. The summed E-state index contributed by atoms with van der Waals surface area (Å²) in [7, 11) is 3.77. The van der Waals surface area contributed by atoms with Crippen LogP contribution in [0.3, 0.4) is 0 Å². The van der Waals surface area contributed by atoms with Crippen molar-refractivity contribution < 1.29 is 9.47 Å². The number of hydrogen-bond donors (Lipinski definition) is 1. The Morgan fingerprint density at radius 3 is 2.93 bits per heavy atom. The molecule has 156 valence electrons. The summed E-state index contributed by atoms with van der Waals surface area (Å²) in [6, 6.07) is 6.18. The number of morpholine rings is 1. The summed E-state index contributed by atoms with van der Waals surface area (Å²) in [5.74, 6) is 0.967. The second-order valence-electron chi connectivity index (χ2n) is 8.15. The minimum Gasteiger partial charge on any atom is -0.493 e. The predicted molar refractivity (Wildman–Crippen MR) is 115 cm³/mol. The van der Waals surface area contributed by atoms with Gasteiger partial charge in [0.25, 0.3) is 0 Å². The van der Waals surface area contributed by atoms with E-state index in [4.69, 9.17) is 14.5 Å². The summed E-state index contributed by atoms with van der Waals surface area (Å²) in [6.45, 7) is 6.92. The van der Waals surface area contributed by atoms with Gasteiger partial charge in [0.2, 0.25) is 0 Å². The fraction of sp³-hybridized carbons (Fsp3) is 0.409. The van der Waals surface area contributed by atoms with Gasteiger partial charge in [0.15, 0.2) is 11.4 Å². The fourth-order valence-corrected chi connectivity index (χ4v) is 4.21. The van der Waals surface area contributed by atoms with E-state index in [9.17, 15) is 0 Å². The highest BCUT2D eigenvalue weighted by atomic mass is 16.5. The third-order valence-electron chi connectivity index (χ3n) is 5.73. The maximum absolute atomic E-state index is 6.00. The Kier molecular flexibility index (Phi) is 4.67. The van der Waals surface area contributed by atoms with E-state index in [2.05, 4.69) is 53.0 Å². The molecule has 1 fully saturated rings. The lowest BCUT2D eigenvalue weighted by molar-refractivity contribution is -0.0229. The Balaban J connectivity index is 1.66. The third kappa shape index (κ3) is 3.12. The minimum absolute atomic E-state index is 0.00175. The quantitative estimate of drug-likeness (QED) is 0.559. The van der Waals surface area contributed by atoms with Gasteiger partial charge in [0.1, 0.15) is 12.4 Å². The van der Waals surface area contributed by atoms with Gasteiger partial charge in [-0.05, 0) is 31.2 Å². The van der Waals surface area contributed by atoms with Crippen LogP contribution in [0.15, 0.2) is 30.7 Å². The Morgan fingerprint density at radius 2 is 2.17 bits per heavy atom. The van der Waals surface area contributed by atoms with E-state index >= 15 is 0 Å². The molecule has 0 spiro atoms. The molecular weight excluding hydrogens is 380 g/mol. The van der Waals surface area contributed by atoms with Gasteiger partial charge in [0, 0.05) is 30.4 Å². The molecule has 1 atom stereocenters. The van der Waals surface area contributed by atoms with Crippen molar-refractivity contribution in [2.45, 2.75) is 25.9 Å². The van der Waals surface area contributed by atoms with Gasteiger partial charge in [-0.2, -0.15) is 5.10 Å². The zero-order valence-corrected chi connectivity index (χ0v) is 17.7. The SMILES string of the molecule is COc1cc(-c2[nH]c3ccc(C4CN(C)CCO4)nc3c2C(C)C)cn2ncnc12. The Labute approximate surface area is 174 Å². The van der Waals surface area contributed by atoms with E-state index in [-0.39, 0.29) is 12.0 Å². The number of pyridine rings is 2. The molecule has 0 aromatic carbocycles. The monoisotopic (exact) mass is 406 g/mol. The van der Waals surface area contributed by atoms with Crippen LogP contribution in [0, 0.1) is 0 Å². The Bertz CT molecular complexity index is 1210. The summed E-state index contributed by atoms with van der Waals surface area (Å²) < 4.78 is 13.3. The molecule has 0 radical (unpaired) electrons. The highest BCUT2D eigenvalue weighted by Crippen LogP contribution is 2.37. The van der Waals surface area contributed by atoms with Crippen molar-refractivity contribution in [2.24, 2.45) is 0 Å². The highest BCUT2D eigenvalue weighted by molar-refractivity contribution is 5.89. The van der Waals surface area contributed by atoms with E-state index in [0.717, 1.165) is 47.7 Å². The molecular formula is C22H26N6O2. The first-order valence-corrected chi connectivity index (χ1v) is 10.3. The summed E-state index contributed by atoms with van der Waals surface area (Å²) in [4.78, 5) is 15.2. The summed E-state index contributed by atoms with van der Waals surface area (Å²) in [5.41, 5.74) is 6.88.